The van der Waals surface area contributed by atoms with Gasteiger partial charge >= 0.3 is 7.12 Å². The lowest BCUT2D eigenvalue weighted by Crippen LogP contribution is -2.27. The van der Waals surface area contributed by atoms with E-state index in [-0.39, 0.29) is 12.4 Å². The summed E-state index contributed by atoms with van der Waals surface area (Å²) in [6.45, 7) is 0.207. The first kappa shape index (κ1) is 12.1. The monoisotopic (exact) mass is 252 g/mol. The fourth-order valence-electron chi connectivity index (χ4n) is 1.32. The van der Waals surface area contributed by atoms with Gasteiger partial charge in [-0.25, -0.2) is 4.39 Å². The summed E-state index contributed by atoms with van der Waals surface area (Å²) in [7, 11) is -1.48. The Bertz CT molecular complexity index is 501. The highest BCUT2D eigenvalue weighted by Crippen LogP contribution is 2.18. The van der Waals surface area contributed by atoms with Crippen LogP contribution in [0.3, 0.4) is 0 Å². The molecule has 0 saturated heterocycles. The van der Waals surface area contributed by atoms with Crippen LogP contribution in [0.2, 0.25) is 0 Å². The van der Waals surface area contributed by atoms with E-state index < -0.39 is 12.9 Å². The van der Waals surface area contributed by atoms with Gasteiger partial charge in [-0.2, -0.15) is 0 Å². The van der Waals surface area contributed by atoms with Crippen molar-refractivity contribution < 1.29 is 19.2 Å². The van der Waals surface area contributed by atoms with Crippen molar-refractivity contribution in [2.75, 3.05) is 0 Å². The average Bonchev–Trinajstić information content (AvgIpc) is 2.77. The molecule has 1 heterocycles. The third kappa shape index (κ3) is 3.06. The Morgan fingerprint density at radius 3 is 2.71 bits per heavy atom. The first-order valence-corrected chi connectivity index (χ1v) is 5.85. The highest BCUT2D eigenvalue weighted by Gasteiger charge is 2.13. The largest absolute Gasteiger partial charge is 0.489 e. The molecule has 0 aliphatic heterocycles. The van der Waals surface area contributed by atoms with Gasteiger partial charge in [0.15, 0.2) is 11.6 Å². The van der Waals surface area contributed by atoms with Crippen molar-refractivity contribution in [1.82, 2.24) is 0 Å². The summed E-state index contributed by atoms with van der Waals surface area (Å²) in [6.07, 6.45) is 0. The topological polar surface area (TPSA) is 49.7 Å². The van der Waals surface area contributed by atoms with Gasteiger partial charge in [-0.3, -0.25) is 0 Å². The second-order valence-corrected chi connectivity index (χ2v) is 4.43. The number of para-hydroxylation sites is 1. The van der Waals surface area contributed by atoms with Gasteiger partial charge in [0, 0.05) is 4.88 Å². The van der Waals surface area contributed by atoms with Crippen LogP contribution in [0, 0.1) is 5.82 Å². The quantitative estimate of drug-likeness (QED) is 0.802. The molecular formula is C11H10BFO3S. The SMILES string of the molecule is OB(O)c1csc(COc2ccccc2F)c1. The lowest BCUT2D eigenvalue weighted by Gasteiger charge is -2.04. The fourth-order valence-corrected chi connectivity index (χ4v) is 2.13. The van der Waals surface area contributed by atoms with Crippen molar-refractivity contribution in [3.8, 4) is 5.75 Å². The highest BCUT2D eigenvalue weighted by molar-refractivity contribution is 7.11. The summed E-state index contributed by atoms with van der Waals surface area (Å²) in [5, 5.41) is 19.5. The Morgan fingerprint density at radius 1 is 1.29 bits per heavy atom. The van der Waals surface area contributed by atoms with Crippen LogP contribution in [0.15, 0.2) is 35.7 Å². The van der Waals surface area contributed by atoms with E-state index in [2.05, 4.69) is 0 Å². The number of ether oxygens (including phenoxy) is 1. The van der Waals surface area contributed by atoms with E-state index in [4.69, 9.17) is 14.8 Å². The number of benzene rings is 1. The lowest BCUT2D eigenvalue weighted by molar-refractivity contribution is 0.293. The summed E-state index contributed by atoms with van der Waals surface area (Å²) in [5.74, 6) is -0.224. The summed E-state index contributed by atoms with van der Waals surface area (Å²) in [4.78, 5) is 0.802. The summed E-state index contributed by atoms with van der Waals surface area (Å²) in [6, 6.07) is 7.77. The molecule has 0 bridgehead atoms. The molecule has 0 atom stereocenters. The fraction of sp³-hybridized carbons (Fsp3) is 0.0909. The predicted octanol–water partition coefficient (Wildman–Crippen LogP) is 1.15. The maximum Gasteiger partial charge on any atom is 0.489 e. The maximum absolute atomic E-state index is 13.2. The Hall–Kier alpha value is -1.37. The van der Waals surface area contributed by atoms with Crippen molar-refractivity contribution in [1.29, 1.82) is 0 Å². The molecule has 0 aliphatic carbocycles. The van der Waals surface area contributed by atoms with E-state index >= 15 is 0 Å². The minimum Gasteiger partial charge on any atom is -0.485 e. The van der Waals surface area contributed by atoms with Gasteiger partial charge in [-0.15, -0.1) is 11.3 Å². The zero-order valence-corrected chi connectivity index (χ0v) is 9.65. The molecule has 0 radical (unpaired) electrons. The van der Waals surface area contributed by atoms with Crippen molar-refractivity contribution in [3.63, 3.8) is 0 Å². The van der Waals surface area contributed by atoms with E-state index in [1.54, 1.807) is 29.6 Å². The molecule has 3 nitrogen and oxygen atoms in total. The molecule has 0 spiro atoms. The molecule has 2 rings (SSSR count). The Morgan fingerprint density at radius 2 is 2.06 bits per heavy atom. The van der Waals surface area contributed by atoms with Gasteiger partial charge in [-0.05, 0) is 29.0 Å². The first-order chi connectivity index (χ1) is 8.16. The molecule has 0 saturated carbocycles. The van der Waals surface area contributed by atoms with Crippen molar-refractivity contribution in [2.45, 2.75) is 6.61 Å². The second-order valence-electron chi connectivity index (χ2n) is 3.44. The van der Waals surface area contributed by atoms with Crippen LogP contribution < -0.4 is 10.2 Å². The van der Waals surface area contributed by atoms with E-state index in [0.717, 1.165) is 4.88 Å². The van der Waals surface area contributed by atoms with Crippen LogP contribution in [-0.4, -0.2) is 17.2 Å². The first-order valence-electron chi connectivity index (χ1n) is 4.97. The zero-order chi connectivity index (χ0) is 12.3. The molecule has 6 heteroatoms. The highest BCUT2D eigenvalue weighted by atomic mass is 32.1. The molecule has 0 aliphatic rings. The Kier molecular flexibility index (Phi) is 3.78. The Balaban J connectivity index is 2.00. The van der Waals surface area contributed by atoms with Gasteiger partial charge in [-0.1, -0.05) is 12.1 Å². The summed E-state index contributed by atoms with van der Waals surface area (Å²) < 4.78 is 18.5. The summed E-state index contributed by atoms with van der Waals surface area (Å²) >= 11 is 1.34. The van der Waals surface area contributed by atoms with E-state index in [1.807, 2.05) is 0 Å². The average molecular weight is 252 g/mol. The third-order valence-corrected chi connectivity index (χ3v) is 3.11. The number of thiophene rings is 1. The third-order valence-electron chi connectivity index (χ3n) is 2.18. The number of hydrogen-bond acceptors (Lipinski definition) is 4. The molecule has 1 aromatic carbocycles. The smallest absolute Gasteiger partial charge is 0.485 e. The van der Waals surface area contributed by atoms with Crippen LogP contribution in [-0.2, 0) is 6.61 Å². The molecule has 0 amide bonds. The molecule has 88 valence electrons. The zero-order valence-electron chi connectivity index (χ0n) is 8.84. The second kappa shape index (κ2) is 5.31. The molecule has 2 N–H and O–H groups in total. The Labute approximate surface area is 102 Å². The van der Waals surface area contributed by atoms with Crippen molar-refractivity contribution in [3.05, 3.63) is 46.4 Å². The van der Waals surface area contributed by atoms with Crippen molar-refractivity contribution in [2.24, 2.45) is 0 Å². The minimum absolute atomic E-state index is 0.187. The normalized spacial score (nSPS) is 10.3. The molecule has 2 aromatic rings. The molecule has 0 fully saturated rings. The van der Waals surface area contributed by atoms with Gasteiger partial charge in [0.25, 0.3) is 0 Å². The van der Waals surface area contributed by atoms with E-state index in [0.29, 0.717) is 5.46 Å². The number of hydrogen-bond donors (Lipinski definition) is 2. The van der Waals surface area contributed by atoms with Gasteiger partial charge < -0.3 is 14.8 Å². The van der Waals surface area contributed by atoms with Crippen LogP contribution in [0.25, 0.3) is 0 Å². The summed E-state index contributed by atoms with van der Waals surface area (Å²) in [5.41, 5.74) is 0.419. The molecule has 17 heavy (non-hydrogen) atoms. The van der Waals surface area contributed by atoms with Crippen LogP contribution in [0.5, 0.6) is 5.75 Å². The van der Waals surface area contributed by atoms with Gasteiger partial charge in [0.2, 0.25) is 0 Å². The molecule has 1 aromatic heterocycles. The predicted molar refractivity (Wildman–Crippen MR) is 64.9 cm³/mol. The maximum atomic E-state index is 13.2. The van der Waals surface area contributed by atoms with Crippen LogP contribution >= 0.6 is 11.3 Å². The lowest BCUT2D eigenvalue weighted by atomic mass is 9.83. The standard InChI is InChI=1S/C11H10BFO3S/c13-10-3-1-2-4-11(10)16-6-9-5-8(7-17-9)12(14)15/h1-5,7,14-15H,6H2. The van der Waals surface area contributed by atoms with E-state index in [1.165, 1.54) is 17.4 Å². The van der Waals surface area contributed by atoms with Crippen LogP contribution in [0.4, 0.5) is 4.39 Å². The van der Waals surface area contributed by atoms with Crippen LogP contribution in [0.1, 0.15) is 4.88 Å². The molecular weight excluding hydrogens is 242 g/mol. The number of rotatable bonds is 4. The number of halogens is 1. The van der Waals surface area contributed by atoms with Crippen molar-refractivity contribution >= 4 is 23.9 Å². The molecule has 0 unspecified atom stereocenters. The van der Waals surface area contributed by atoms with Gasteiger partial charge in [0.1, 0.15) is 6.61 Å². The van der Waals surface area contributed by atoms with Gasteiger partial charge in [0.05, 0.1) is 0 Å². The van der Waals surface area contributed by atoms with E-state index in [9.17, 15) is 4.39 Å². The minimum atomic E-state index is -1.48.